The fraction of sp³-hybridized carbons (Fsp3) is 0. The Bertz CT molecular complexity index is 539. The molecular weight excluding hydrogens is 309 g/mol. The van der Waals surface area contributed by atoms with E-state index in [9.17, 15) is 0 Å². The van der Waals surface area contributed by atoms with Crippen molar-refractivity contribution in [2.24, 2.45) is 0 Å². The van der Waals surface area contributed by atoms with Gasteiger partial charge in [-0.3, -0.25) is 0 Å². The molecule has 0 aliphatic carbocycles. The van der Waals surface area contributed by atoms with Gasteiger partial charge in [0.1, 0.15) is 20.3 Å². The van der Waals surface area contributed by atoms with Crippen molar-refractivity contribution in [1.29, 1.82) is 0 Å². The van der Waals surface area contributed by atoms with E-state index >= 15 is 0 Å². The Morgan fingerprint density at radius 3 is 1.35 bits per heavy atom. The van der Waals surface area contributed by atoms with Crippen LogP contribution in [0.3, 0.4) is 0 Å². The average Bonchev–Trinajstić information content (AvgIpc) is 3.10. The molecule has 0 N–H and O–H groups in total. The summed E-state index contributed by atoms with van der Waals surface area (Å²) in [7, 11) is 0. The molecule has 17 heavy (non-hydrogen) atoms. The molecule has 0 fully saturated rings. The molecule has 0 amide bonds. The predicted octanol–water partition coefficient (Wildman–Crippen LogP) is 1.81. The zero-order valence-corrected chi connectivity index (χ0v) is 12.5. The van der Waals surface area contributed by atoms with E-state index in [-0.39, 0.29) is 0 Å². The maximum absolute atomic E-state index is 5.92. The maximum atomic E-state index is 5.92. The summed E-state index contributed by atoms with van der Waals surface area (Å²) in [6, 6.07) is -2.08. The molecule has 8 heteroatoms. The molecule has 0 spiro atoms. The second-order valence-corrected chi connectivity index (χ2v) is 10.8. The van der Waals surface area contributed by atoms with Crippen LogP contribution in [0.5, 0.6) is 0 Å². The average molecular weight is 315 g/mol. The van der Waals surface area contributed by atoms with Gasteiger partial charge in [0, 0.05) is 34.7 Å². The zero-order chi connectivity index (χ0) is 11.7. The van der Waals surface area contributed by atoms with Gasteiger partial charge in [-0.15, -0.1) is 34.0 Å². The third-order valence-corrected chi connectivity index (χ3v) is 11.8. The van der Waals surface area contributed by atoms with Crippen LogP contribution in [0.2, 0.25) is 0 Å². The standard InChI is InChI=1S/C9H6N3PS4/c14-13(7-10-1-4-15-7,8-11-2-5-16-8)9-12-3-6-17-9/h1-6H. The fourth-order valence-electron chi connectivity index (χ4n) is 1.36. The van der Waals surface area contributed by atoms with Crippen LogP contribution in [0.1, 0.15) is 0 Å². The molecule has 3 aromatic rings. The third-order valence-electron chi connectivity index (χ3n) is 2.07. The SMILES string of the molecule is S=P(c1nccs1)(c1nccs1)c1nccs1. The van der Waals surface area contributed by atoms with E-state index in [1.54, 1.807) is 52.6 Å². The van der Waals surface area contributed by atoms with Crippen molar-refractivity contribution >= 4 is 66.1 Å². The molecule has 0 unspecified atom stereocenters. The van der Waals surface area contributed by atoms with Gasteiger partial charge in [0.15, 0.2) is 0 Å². The number of rotatable bonds is 3. The Morgan fingerprint density at radius 2 is 1.12 bits per heavy atom. The molecule has 0 aliphatic heterocycles. The smallest absolute Gasteiger partial charge is 0.138 e. The van der Waals surface area contributed by atoms with Crippen molar-refractivity contribution in [3.8, 4) is 0 Å². The Balaban J connectivity index is 2.26. The Labute approximate surface area is 115 Å². The van der Waals surface area contributed by atoms with Gasteiger partial charge in [-0.1, -0.05) is 11.8 Å². The van der Waals surface area contributed by atoms with Crippen LogP contribution < -0.4 is 14.2 Å². The highest BCUT2D eigenvalue weighted by Gasteiger charge is 2.32. The number of aromatic nitrogens is 3. The highest BCUT2D eigenvalue weighted by Crippen LogP contribution is 2.44. The van der Waals surface area contributed by atoms with Crippen LogP contribution in [-0.2, 0) is 11.8 Å². The van der Waals surface area contributed by atoms with Gasteiger partial charge >= 0.3 is 0 Å². The summed E-state index contributed by atoms with van der Waals surface area (Å²) in [4.78, 5) is 13.2. The topological polar surface area (TPSA) is 38.7 Å². The number of hydrogen-bond acceptors (Lipinski definition) is 7. The van der Waals surface area contributed by atoms with E-state index in [4.69, 9.17) is 11.8 Å². The number of hydrogen-bond donors (Lipinski definition) is 0. The molecule has 3 heterocycles. The van der Waals surface area contributed by atoms with Crippen LogP contribution in [-0.4, -0.2) is 15.0 Å². The van der Waals surface area contributed by atoms with E-state index in [2.05, 4.69) is 15.0 Å². The van der Waals surface area contributed by atoms with Crippen LogP contribution in [0.4, 0.5) is 0 Å². The molecule has 0 saturated heterocycles. The van der Waals surface area contributed by atoms with Gasteiger partial charge < -0.3 is 0 Å². The minimum atomic E-state index is -2.08. The second-order valence-electron chi connectivity index (χ2n) is 3.05. The fourth-order valence-corrected chi connectivity index (χ4v) is 9.63. The Kier molecular flexibility index (Phi) is 3.19. The molecule has 0 radical (unpaired) electrons. The largest absolute Gasteiger partial charge is 0.243 e. The molecule has 0 aliphatic rings. The predicted molar refractivity (Wildman–Crippen MR) is 79.5 cm³/mol. The lowest BCUT2D eigenvalue weighted by Crippen LogP contribution is -2.23. The maximum Gasteiger partial charge on any atom is 0.138 e. The third kappa shape index (κ3) is 1.92. The first-order valence-corrected chi connectivity index (χ1v) is 10.1. The zero-order valence-electron chi connectivity index (χ0n) is 8.39. The van der Waals surface area contributed by atoms with Crippen molar-refractivity contribution in [3.63, 3.8) is 0 Å². The van der Waals surface area contributed by atoms with Crippen molar-refractivity contribution in [1.82, 2.24) is 15.0 Å². The normalized spacial score (nSPS) is 11.8. The summed E-state index contributed by atoms with van der Waals surface area (Å²) >= 11 is 10.7. The van der Waals surface area contributed by atoms with Crippen molar-refractivity contribution in [3.05, 3.63) is 34.7 Å². The quantitative estimate of drug-likeness (QED) is 0.691. The Morgan fingerprint density at radius 1 is 0.765 bits per heavy atom. The monoisotopic (exact) mass is 315 g/mol. The lowest BCUT2D eigenvalue weighted by atomic mass is 11.0. The highest BCUT2D eigenvalue weighted by molar-refractivity contribution is 8.29. The molecule has 3 nitrogen and oxygen atoms in total. The van der Waals surface area contributed by atoms with E-state index < -0.39 is 6.04 Å². The molecule has 0 atom stereocenters. The van der Waals surface area contributed by atoms with Gasteiger partial charge in [-0.2, -0.15) is 0 Å². The van der Waals surface area contributed by atoms with Gasteiger partial charge in [0.25, 0.3) is 0 Å². The molecule has 0 bridgehead atoms. The van der Waals surface area contributed by atoms with E-state index in [0.717, 1.165) is 14.2 Å². The van der Waals surface area contributed by atoms with Crippen LogP contribution in [0.15, 0.2) is 34.7 Å². The van der Waals surface area contributed by atoms with E-state index in [0.29, 0.717) is 0 Å². The first-order chi connectivity index (χ1) is 8.32. The summed E-state index contributed by atoms with van der Waals surface area (Å²) in [6.07, 6.45) is 5.38. The lowest BCUT2D eigenvalue weighted by Gasteiger charge is -2.13. The first-order valence-electron chi connectivity index (χ1n) is 4.62. The van der Waals surface area contributed by atoms with Crippen LogP contribution >= 0.6 is 40.0 Å². The highest BCUT2D eigenvalue weighted by atomic mass is 32.4. The molecular formula is C9H6N3PS4. The lowest BCUT2D eigenvalue weighted by molar-refractivity contribution is 1.44. The van der Waals surface area contributed by atoms with Crippen LogP contribution in [0, 0.1) is 0 Å². The van der Waals surface area contributed by atoms with Gasteiger partial charge in [-0.05, 0) is 0 Å². The molecule has 86 valence electrons. The summed E-state index contributed by atoms with van der Waals surface area (Å²) in [5, 5.41) is 5.87. The summed E-state index contributed by atoms with van der Waals surface area (Å²) in [6.45, 7) is 0. The molecule has 0 aromatic carbocycles. The number of thiazole rings is 3. The number of nitrogens with zero attached hydrogens (tertiary/aromatic N) is 3. The molecule has 0 saturated carbocycles. The van der Waals surface area contributed by atoms with Crippen molar-refractivity contribution in [2.75, 3.05) is 0 Å². The first kappa shape index (κ1) is 11.6. The van der Waals surface area contributed by atoms with Gasteiger partial charge in [-0.25, -0.2) is 15.0 Å². The van der Waals surface area contributed by atoms with Crippen molar-refractivity contribution < 1.29 is 0 Å². The van der Waals surface area contributed by atoms with E-state index in [1.807, 2.05) is 16.1 Å². The van der Waals surface area contributed by atoms with Crippen molar-refractivity contribution in [2.45, 2.75) is 0 Å². The van der Waals surface area contributed by atoms with Crippen LogP contribution in [0.25, 0.3) is 0 Å². The van der Waals surface area contributed by atoms with Gasteiger partial charge in [0.2, 0.25) is 0 Å². The summed E-state index contributed by atoms with van der Waals surface area (Å²) < 4.78 is 2.91. The van der Waals surface area contributed by atoms with Gasteiger partial charge in [0.05, 0.1) is 0 Å². The minimum absolute atomic E-state index is 0.970. The summed E-state index contributed by atoms with van der Waals surface area (Å²) in [5.74, 6) is 0. The summed E-state index contributed by atoms with van der Waals surface area (Å²) in [5.41, 5.74) is 0. The molecule has 3 rings (SSSR count). The van der Waals surface area contributed by atoms with E-state index in [1.165, 1.54) is 0 Å². The Hall–Kier alpha value is -0.460. The minimum Gasteiger partial charge on any atom is -0.243 e. The molecule has 3 aromatic heterocycles. The second kappa shape index (κ2) is 4.66.